The molecule has 154 valence electrons. The maximum atomic E-state index is 13.2. The number of anilines is 1. The van der Waals surface area contributed by atoms with E-state index in [-0.39, 0.29) is 21.7 Å². The Morgan fingerprint density at radius 1 is 1.14 bits per heavy atom. The van der Waals surface area contributed by atoms with Gasteiger partial charge in [-0.2, -0.15) is 4.98 Å². The van der Waals surface area contributed by atoms with Gasteiger partial charge in [0.05, 0.1) is 4.90 Å². The van der Waals surface area contributed by atoms with Crippen LogP contribution < -0.4 is 5.32 Å². The first kappa shape index (κ1) is 21.0. The van der Waals surface area contributed by atoms with Crippen LogP contribution in [0.1, 0.15) is 12.0 Å². The number of hydrogen-bond donors (Lipinski definition) is 1. The van der Waals surface area contributed by atoms with E-state index in [1.165, 1.54) is 12.1 Å². The van der Waals surface area contributed by atoms with Crippen LogP contribution in [0.15, 0.2) is 62.9 Å². The van der Waals surface area contributed by atoms with E-state index in [0.29, 0.717) is 12.1 Å². The number of aryl methyl sites for hydroxylation is 1. The van der Waals surface area contributed by atoms with Crippen LogP contribution in [0.25, 0.3) is 11.5 Å². The van der Waals surface area contributed by atoms with Gasteiger partial charge in [0.1, 0.15) is 5.82 Å². The van der Waals surface area contributed by atoms with Crippen LogP contribution in [0.2, 0.25) is 0 Å². The molecular formula is C21H24FN3O3S. The number of oxazole rings is 1. The molecule has 8 heteroatoms. The molecule has 2 aromatic carbocycles. The fourth-order valence-corrected chi connectivity index (χ4v) is 4.10. The fraction of sp³-hybridized carbons (Fsp3) is 0.286. The summed E-state index contributed by atoms with van der Waals surface area (Å²) in [5, 5.41) is 2.85. The minimum absolute atomic E-state index is 0.0423. The van der Waals surface area contributed by atoms with Gasteiger partial charge in [-0.15, -0.1) is 0 Å². The first-order valence-electron chi connectivity index (χ1n) is 9.24. The van der Waals surface area contributed by atoms with Crippen molar-refractivity contribution in [2.24, 2.45) is 0 Å². The fourth-order valence-electron chi connectivity index (χ4n) is 2.82. The van der Waals surface area contributed by atoms with Gasteiger partial charge < -0.3 is 14.6 Å². The number of benzene rings is 2. The number of aromatic nitrogens is 1. The Bertz CT molecular complexity index is 1080. The highest BCUT2D eigenvalue weighted by Gasteiger charge is 2.28. The normalized spacial score (nSPS) is 11.8. The number of rotatable bonds is 8. The second-order valence-electron chi connectivity index (χ2n) is 7.06. The average molecular weight is 418 g/mol. The Kier molecular flexibility index (Phi) is 6.34. The summed E-state index contributed by atoms with van der Waals surface area (Å²) in [6.07, 6.45) is 0.795. The third-order valence-corrected chi connectivity index (χ3v) is 5.99. The molecular weight excluding hydrogens is 393 g/mol. The molecule has 0 aliphatic heterocycles. The molecule has 0 radical (unpaired) electrons. The lowest BCUT2D eigenvalue weighted by Gasteiger charge is -2.10. The standard InChI is InChI=1S/C21H24FN3O3S/c1-15-6-4-7-16(14-15)19-24-21(20(28-19)23-12-5-13-25(2)3)29(26,27)18-10-8-17(22)9-11-18/h4,6-11,14,23H,5,12-13H2,1-3H3. The zero-order chi connectivity index (χ0) is 21.0. The minimum atomic E-state index is -3.98. The van der Waals surface area contributed by atoms with Crippen molar-refractivity contribution in [1.82, 2.24) is 9.88 Å². The Hall–Kier alpha value is -2.71. The van der Waals surface area contributed by atoms with Crippen LogP contribution >= 0.6 is 0 Å². The highest BCUT2D eigenvalue weighted by molar-refractivity contribution is 7.91. The molecule has 0 amide bonds. The van der Waals surface area contributed by atoms with E-state index in [1.54, 1.807) is 0 Å². The quantitative estimate of drug-likeness (QED) is 0.441. The number of halogens is 1. The van der Waals surface area contributed by atoms with E-state index in [1.807, 2.05) is 50.2 Å². The summed E-state index contributed by atoms with van der Waals surface area (Å²) in [4.78, 5) is 6.28. The predicted molar refractivity (Wildman–Crippen MR) is 110 cm³/mol. The first-order chi connectivity index (χ1) is 13.8. The summed E-state index contributed by atoms with van der Waals surface area (Å²) in [6, 6.07) is 12.1. The molecule has 0 saturated heterocycles. The van der Waals surface area contributed by atoms with Gasteiger partial charge in [-0.1, -0.05) is 17.7 Å². The van der Waals surface area contributed by atoms with Crippen molar-refractivity contribution in [3.05, 3.63) is 59.9 Å². The second kappa shape index (κ2) is 8.75. The summed E-state index contributed by atoms with van der Waals surface area (Å²) in [5.41, 5.74) is 1.69. The summed E-state index contributed by atoms with van der Waals surface area (Å²) in [7, 11) is -0.0476. The maximum absolute atomic E-state index is 13.2. The molecule has 0 spiro atoms. The van der Waals surface area contributed by atoms with Crippen molar-refractivity contribution in [3.8, 4) is 11.5 Å². The molecule has 0 aliphatic rings. The lowest BCUT2D eigenvalue weighted by molar-refractivity contribution is 0.404. The zero-order valence-corrected chi connectivity index (χ0v) is 17.5. The highest BCUT2D eigenvalue weighted by atomic mass is 32.2. The summed E-state index contributed by atoms with van der Waals surface area (Å²) in [5.74, 6) is -0.208. The molecule has 1 heterocycles. The third-order valence-electron chi connectivity index (χ3n) is 4.31. The third kappa shape index (κ3) is 5.02. The van der Waals surface area contributed by atoms with Crippen LogP contribution in [0.5, 0.6) is 0 Å². The molecule has 3 aromatic rings. The Balaban J connectivity index is 1.99. The van der Waals surface area contributed by atoms with Crippen molar-refractivity contribution >= 4 is 15.7 Å². The smallest absolute Gasteiger partial charge is 0.233 e. The summed E-state index contributed by atoms with van der Waals surface area (Å²) < 4.78 is 45.3. The van der Waals surface area contributed by atoms with Crippen LogP contribution in [0.3, 0.4) is 0 Å². The van der Waals surface area contributed by atoms with Gasteiger partial charge >= 0.3 is 0 Å². The molecule has 0 saturated carbocycles. The van der Waals surface area contributed by atoms with E-state index in [2.05, 4.69) is 10.3 Å². The van der Waals surface area contributed by atoms with Gasteiger partial charge in [-0.25, -0.2) is 12.8 Å². The van der Waals surface area contributed by atoms with Crippen molar-refractivity contribution < 1.29 is 17.2 Å². The van der Waals surface area contributed by atoms with Crippen LogP contribution in [-0.2, 0) is 9.84 Å². The van der Waals surface area contributed by atoms with E-state index >= 15 is 0 Å². The lowest BCUT2D eigenvalue weighted by atomic mass is 10.1. The minimum Gasteiger partial charge on any atom is -0.419 e. The van der Waals surface area contributed by atoms with Crippen LogP contribution in [0, 0.1) is 12.7 Å². The molecule has 0 fully saturated rings. The Labute approximate surface area is 170 Å². The van der Waals surface area contributed by atoms with Gasteiger partial charge in [0, 0.05) is 12.1 Å². The first-order valence-corrected chi connectivity index (χ1v) is 10.7. The van der Waals surface area contributed by atoms with E-state index < -0.39 is 15.7 Å². The molecule has 0 aliphatic carbocycles. The summed E-state index contributed by atoms with van der Waals surface area (Å²) in [6.45, 7) is 3.29. The van der Waals surface area contributed by atoms with Crippen molar-refractivity contribution in [2.75, 3.05) is 32.5 Å². The topological polar surface area (TPSA) is 75.4 Å². The predicted octanol–water partition coefficient (Wildman–Crippen LogP) is 3.99. The molecule has 0 atom stereocenters. The molecule has 6 nitrogen and oxygen atoms in total. The molecule has 1 N–H and O–H groups in total. The van der Waals surface area contributed by atoms with Crippen molar-refractivity contribution in [2.45, 2.75) is 23.3 Å². The Morgan fingerprint density at radius 2 is 1.86 bits per heavy atom. The van der Waals surface area contributed by atoms with E-state index in [0.717, 1.165) is 30.7 Å². The van der Waals surface area contributed by atoms with Crippen LogP contribution in [-0.4, -0.2) is 45.5 Å². The molecule has 1 aromatic heterocycles. The average Bonchev–Trinajstić information content (AvgIpc) is 3.11. The van der Waals surface area contributed by atoms with E-state index in [9.17, 15) is 12.8 Å². The SMILES string of the molecule is Cc1cccc(-c2nc(S(=O)(=O)c3ccc(F)cc3)c(NCCCN(C)C)o2)c1. The molecule has 3 rings (SSSR count). The molecule has 0 bridgehead atoms. The number of nitrogens with zero attached hydrogens (tertiary/aromatic N) is 2. The summed E-state index contributed by atoms with van der Waals surface area (Å²) >= 11 is 0. The van der Waals surface area contributed by atoms with Gasteiger partial charge in [0.25, 0.3) is 0 Å². The number of nitrogens with one attached hydrogen (secondary N) is 1. The maximum Gasteiger partial charge on any atom is 0.233 e. The van der Waals surface area contributed by atoms with Crippen molar-refractivity contribution in [1.29, 1.82) is 0 Å². The van der Waals surface area contributed by atoms with Gasteiger partial charge in [-0.3, -0.25) is 0 Å². The van der Waals surface area contributed by atoms with E-state index in [4.69, 9.17) is 4.42 Å². The van der Waals surface area contributed by atoms with Crippen molar-refractivity contribution in [3.63, 3.8) is 0 Å². The monoisotopic (exact) mass is 417 g/mol. The largest absolute Gasteiger partial charge is 0.419 e. The number of hydrogen-bond acceptors (Lipinski definition) is 6. The highest BCUT2D eigenvalue weighted by Crippen LogP contribution is 2.32. The Morgan fingerprint density at radius 3 is 2.52 bits per heavy atom. The van der Waals surface area contributed by atoms with Gasteiger partial charge in [0.2, 0.25) is 26.6 Å². The zero-order valence-electron chi connectivity index (χ0n) is 16.6. The van der Waals surface area contributed by atoms with Crippen LogP contribution in [0.4, 0.5) is 10.3 Å². The molecule has 0 unspecified atom stereocenters. The lowest BCUT2D eigenvalue weighted by Crippen LogP contribution is -2.17. The molecule has 29 heavy (non-hydrogen) atoms. The van der Waals surface area contributed by atoms with Gasteiger partial charge in [-0.05, 0) is 70.4 Å². The number of sulfone groups is 1. The second-order valence-corrected chi connectivity index (χ2v) is 8.93. The van der Waals surface area contributed by atoms with Gasteiger partial charge in [0.15, 0.2) is 0 Å².